The average molecular weight is 345 g/mol. The number of rotatable bonds is 2. The molecule has 0 radical (unpaired) electrons. The summed E-state index contributed by atoms with van der Waals surface area (Å²) in [6.07, 6.45) is 1.09. The SMILES string of the molecule is Cc1ccc(C)c(C(Cl)c2ccn([O-])c(=S(=O)=O)c2Cl)c1. The Morgan fingerprint density at radius 1 is 1.19 bits per heavy atom. The van der Waals surface area contributed by atoms with Gasteiger partial charge in [0.15, 0.2) is 4.64 Å². The second-order valence-electron chi connectivity index (χ2n) is 4.67. The Hall–Kier alpha value is -1.43. The fraction of sp³-hybridized carbons (Fsp3) is 0.214. The van der Waals surface area contributed by atoms with E-state index in [1.54, 1.807) is 0 Å². The number of halogens is 2. The number of pyridine rings is 1. The first-order valence-corrected chi connectivity index (χ1v) is 7.94. The third-order valence-electron chi connectivity index (χ3n) is 3.17. The molecular weight excluding hydrogens is 333 g/mol. The number of nitrogens with zero attached hydrogens (tertiary/aromatic N) is 1. The van der Waals surface area contributed by atoms with Crippen LogP contribution >= 0.6 is 23.2 Å². The molecular formula is C14H12Cl2NO3S-. The van der Waals surface area contributed by atoms with Crippen LogP contribution in [-0.2, 0) is 10.3 Å². The van der Waals surface area contributed by atoms with Crippen molar-refractivity contribution in [1.82, 2.24) is 4.73 Å². The molecule has 0 saturated carbocycles. The van der Waals surface area contributed by atoms with E-state index in [2.05, 4.69) is 0 Å². The lowest BCUT2D eigenvalue weighted by atomic mass is 9.99. The van der Waals surface area contributed by atoms with Crippen LogP contribution in [0.3, 0.4) is 0 Å². The minimum Gasteiger partial charge on any atom is -0.805 e. The van der Waals surface area contributed by atoms with Crippen LogP contribution < -0.4 is 0 Å². The number of benzene rings is 1. The maximum atomic E-state index is 11.5. The molecule has 0 aliphatic rings. The summed E-state index contributed by atoms with van der Waals surface area (Å²) in [5, 5.41) is 10.7. The second-order valence-corrected chi connectivity index (χ2v) is 6.34. The van der Waals surface area contributed by atoms with Crippen molar-refractivity contribution in [2.75, 3.05) is 0 Å². The van der Waals surface area contributed by atoms with Crippen LogP contribution in [0.5, 0.6) is 0 Å². The molecule has 2 aromatic rings. The summed E-state index contributed by atoms with van der Waals surface area (Å²) in [5.41, 5.74) is 3.20. The van der Waals surface area contributed by atoms with Gasteiger partial charge in [-0.05, 0) is 42.8 Å². The molecule has 0 fully saturated rings. The van der Waals surface area contributed by atoms with E-state index in [-0.39, 0.29) is 9.75 Å². The molecule has 1 aromatic heterocycles. The van der Waals surface area contributed by atoms with Gasteiger partial charge < -0.3 is 9.94 Å². The molecule has 0 saturated heterocycles. The lowest BCUT2D eigenvalue weighted by Crippen LogP contribution is -2.02. The summed E-state index contributed by atoms with van der Waals surface area (Å²) in [5.74, 6) is 0. The number of alkyl halides is 1. The van der Waals surface area contributed by atoms with Crippen molar-refractivity contribution in [3.05, 3.63) is 67.6 Å². The topological polar surface area (TPSA) is 62.1 Å². The number of hydrogen-bond donors (Lipinski definition) is 0. The molecule has 4 nitrogen and oxygen atoms in total. The van der Waals surface area contributed by atoms with Gasteiger partial charge in [-0.2, -0.15) is 8.42 Å². The lowest BCUT2D eigenvalue weighted by molar-refractivity contribution is 0.623. The molecule has 1 atom stereocenters. The molecule has 0 amide bonds. The van der Waals surface area contributed by atoms with E-state index >= 15 is 0 Å². The van der Waals surface area contributed by atoms with Gasteiger partial charge in [-0.15, -0.1) is 11.6 Å². The van der Waals surface area contributed by atoms with Gasteiger partial charge in [0.1, 0.15) is 0 Å². The fourth-order valence-corrected chi connectivity index (χ4v) is 3.44. The summed E-state index contributed by atoms with van der Waals surface area (Å²) < 4.78 is 21.9. The zero-order valence-corrected chi connectivity index (χ0v) is 13.6. The Labute approximate surface area is 133 Å². The maximum Gasteiger partial charge on any atom is 0.239 e. The summed E-state index contributed by atoms with van der Waals surface area (Å²) in [6.45, 7) is 3.84. The molecule has 112 valence electrons. The Bertz CT molecular complexity index is 864. The molecule has 1 unspecified atom stereocenters. The third-order valence-corrected chi connectivity index (χ3v) is 4.85. The van der Waals surface area contributed by atoms with E-state index in [4.69, 9.17) is 23.2 Å². The van der Waals surface area contributed by atoms with Gasteiger partial charge in [0.2, 0.25) is 10.3 Å². The van der Waals surface area contributed by atoms with E-state index in [9.17, 15) is 13.6 Å². The first-order valence-electron chi connectivity index (χ1n) is 6.05. The second kappa shape index (κ2) is 6.13. The minimum absolute atomic E-state index is 0.151. The number of hydrogen-bond acceptors (Lipinski definition) is 3. The third kappa shape index (κ3) is 3.10. The van der Waals surface area contributed by atoms with Gasteiger partial charge in [0.05, 0.1) is 10.4 Å². The minimum atomic E-state index is -2.74. The van der Waals surface area contributed by atoms with Gasteiger partial charge in [-0.1, -0.05) is 35.4 Å². The van der Waals surface area contributed by atoms with Crippen molar-refractivity contribution in [2.24, 2.45) is 0 Å². The highest BCUT2D eigenvalue weighted by Gasteiger charge is 2.18. The Morgan fingerprint density at radius 2 is 1.86 bits per heavy atom. The van der Waals surface area contributed by atoms with Crippen LogP contribution in [0.1, 0.15) is 27.6 Å². The van der Waals surface area contributed by atoms with Crippen LogP contribution in [-0.4, -0.2) is 13.1 Å². The summed E-state index contributed by atoms with van der Waals surface area (Å²) >= 11 is 12.5. The van der Waals surface area contributed by atoms with Crippen LogP contribution in [0.2, 0.25) is 5.02 Å². The highest BCUT2D eigenvalue weighted by atomic mass is 35.5. The van der Waals surface area contributed by atoms with Crippen molar-refractivity contribution >= 4 is 33.5 Å². The highest BCUT2D eigenvalue weighted by Crippen LogP contribution is 2.35. The first kappa shape index (κ1) is 15.9. The van der Waals surface area contributed by atoms with Crippen molar-refractivity contribution in [2.45, 2.75) is 19.2 Å². The number of aromatic nitrogens is 1. The highest BCUT2D eigenvalue weighted by molar-refractivity contribution is 7.63. The van der Waals surface area contributed by atoms with Crippen LogP contribution in [0.25, 0.3) is 0 Å². The van der Waals surface area contributed by atoms with Gasteiger partial charge >= 0.3 is 0 Å². The lowest BCUT2D eigenvalue weighted by Gasteiger charge is -2.18. The average Bonchev–Trinajstić information content (AvgIpc) is 2.40. The van der Waals surface area contributed by atoms with Gasteiger partial charge in [0.25, 0.3) is 0 Å². The molecule has 21 heavy (non-hydrogen) atoms. The van der Waals surface area contributed by atoms with Crippen LogP contribution in [0.15, 0.2) is 30.5 Å². The Kier molecular flexibility index (Phi) is 4.66. The first-order chi connectivity index (χ1) is 9.82. The molecule has 2 rings (SSSR count). The van der Waals surface area contributed by atoms with E-state index in [1.807, 2.05) is 32.0 Å². The van der Waals surface area contributed by atoms with Gasteiger partial charge in [-0.25, -0.2) is 0 Å². The molecule has 1 heterocycles. The summed E-state index contributed by atoms with van der Waals surface area (Å²) in [7, 11) is -2.74. The predicted molar refractivity (Wildman–Crippen MR) is 84.0 cm³/mol. The summed E-state index contributed by atoms with van der Waals surface area (Å²) in [6, 6.07) is 7.23. The summed E-state index contributed by atoms with van der Waals surface area (Å²) in [4.78, 5) is 0. The smallest absolute Gasteiger partial charge is 0.239 e. The molecule has 0 aliphatic heterocycles. The molecule has 0 aliphatic carbocycles. The Balaban J connectivity index is 2.71. The van der Waals surface area contributed by atoms with Crippen molar-refractivity contribution < 1.29 is 8.42 Å². The molecule has 0 bridgehead atoms. The van der Waals surface area contributed by atoms with Crippen molar-refractivity contribution in [3.63, 3.8) is 0 Å². The van der Waals surface area contributed by atoms with Crippen LogP contribution in [0, 0.1) is 23.7 Å². The zero-order valence-electron chi connectivity index (χ0n) is 11.3. The standard InChI is InChI=1S/C14H12Cl2NO3S/c1-8-3-4-9(2)11(7-8)12(15)10-5-6-17(18)14(13(10)16)21(19)20/h3-7,12H,1-2H3/q-1. The van der Waals surface area contributed by atoms with E-state index in [1.165, 1.54) is 6.07 Å². The fourth-order valence-electron chi connectivity index (χ4n) is 2.05. The monoisotopic (exact) mass is 344 g/mol. The normalized spacial score (nSPS) is 12.2. The van der Waals surface area contributed by atoms with Crippen molar-refractivity contribution in [3.8, 4) is 0 Å². The largest absolute Gasteiger partial charge is 0.805 e. The molecule has 0 N–H and O–H groups in total. The number of aryl methyl sites for hydroxylation is 2. The van der Waals surface area contributed by atoms with Gasteiger partial charge in [-0.3, -0.25) is 0 Å². The van der Waals surface area contributed by atoms with Crippen molar-refractivity contribution in [1.29, 1.82) is 0 Å². The van der Waals surface area contributed by atoms with E-state index < -0.39 is 20.3 Å². The molecule has 7 heteroatoms. The van der Waals surface area contributed by atoms with Crippen LogP contribution in [0.4, 0.5) is 0 Å². The predicted octanol–water partition coefficient (Wildman–Crippen LogP) is 3.84. The van der Waals surface area contributed by atoms with E-state index in [0.717, 1.165) is 22.9 Å². The van der Waals surface area contributed by atoms with E-state index in [0.29, 0.717) is 5.56 Å². The Morgan fingerprint density at radius 3 is 2.48 bits per heavy atom. The maximum absolute atomic E-state index is 11.5. The molecule has 1 aromatic carbocycles. The zero-order chi connectivity index (χ0) is 15.7. The van der Waals surface area contributed by atoms with Gasteiger partial charge in [0, 0.05) is 0 Å². The molecule has 0 spiro atoms. The quantitative estimate of drug-likeness (QED) is 0.614.